The van der Waals surface area contributed by atoms with Crippen molar-refractivity contribution in [2.24, 2.45) is 5.10 Å². The largest absolute Gasteiger partial charge is 0.508 e. The third-order valence-corrected chi connectivity index (χ3v) is 2.78. The zero-order valence-electron chi connectivity index (χ0n) is 11.2. The van der Waals surface area contributed by atoms with Gasteiger partial charge in [0.25, 0.3) is 5.91 Å². The average Bonchev–Trinajstić information content (AvgIpc) is 2.43. The first kappa shape index (κ1) is 14.4. The van der Waals surface area contributed by atoms with Crippen LogP contribution in [0.5, 0.6) is 17.2 Å². The van der Waals surface area contributed by atoms with Gasteiger partial charge in [-0.15, -0.1) is 0 Å². The lowest BCUT2D eigenvalue weighted by atomic mass is 10.1. The van der Waals surface area contributed by atoms with Gasteiger partial charge in [0.15, 0.2) is 0 Å². The van der Waals surface area contributed by atoms with Crippen molar-refractivity contribution in [3.05, 3.63) is 53.6 Å². The highest BCUT2D eigenvalue weighted by Crippen LogP contribution is 2.20. The summed E-state index contributed by atoms with van der Waals surface area (Å²) in [6, 6.07) is 10.1. The highest BCUT2D eigenvalue weighted by atomic mass is 16.3. The topological polar surface area (TPSA) is 102 Å². The van der Waals surface area contributed by atoms with Gasteiger partial charge in [0.2, 0.25) is 0 Å². The summed E-state index contributed by atoms with van der Waals surface area (Å²) in [5, 5.41) is 32.2. The molecule has 0 bridgehead atoms. The molecule has 0 unspecified atom stereocenters. The zero-order chi connectivity index (χ0) is 15.4. The van der Waals surface area contributed by atoms with Gasteiger partial charge >= 0.3 is 0 Å². The third-order valence-electron chi connectivity index (χ3n) is 2.78. The summed E-state index contributed by atoms with van der Waals surface area (Å²) in [5.41, 5.74) is 3.28. The Labute approximate surface area is 121 Å². The van der Waals surface area contributed by atoms with E-state index in [1.807, 2.05) is 0 Å². The monoisotopic (exact) mass is 286 g/mol. The molecule has 0 fully saturated rings. The fraction of sp³-hybridized carbons (Fsp3) is 0.0667. The smallest absolute Gasteiger partial charge is 0.271 e. The molecule has 0 aromatic heterocycles. The third kappa shape index (κ3) is 3.50. The summed E-state index contributed by atoms with van der Waals surface area (Å²) in [7, 11) is 0. The predicted octanol–water partition coefficient (Wildman–Crippen LogP) is 1.96. The normalized spacial score (nSPS) is 11.2. The second kappa shape index (κ2) is 5.96. The number of hydrazone groups is 1. The van der Waals surface area contributed by atoms with Crippen molar-refractivity contribution in [1.29, 1.82) is 0 Å². The molecule has 21 heavy (non-hydrogen) atoms. The van der Waals surface area contributed by atoms with Crippen molar-refractivity contribution in [3.63, 3.8) is 0 Å². The van der Waals surface area contributed by atoms with Crippen molar-refractivity contribution >= 4 is 11.6 Å². The molecule has 0 aliphatic carbocycles. The Bertz CT molecular complexity index is 690. The fourth-order valence-corrected chi connectivity index (χ4v) is 1.77. The minimum Gasteiger partial charge on any atom is -0.508 e. The summed E-state index contributed by atoms with van der Waals surface area (Å²) in [4.78, 5) is 11.9. The van der Waals surface area contributed by atoms with Crippen LogP contribution in [0.4, 0.5) is 0 Å². The molecular weight excluding hydrogens is 272 g/mol. The quantitative estimate of drug-likeness (QED) is 0.511. The molecule has 2 rings (SSSR count). The Kier molecular flexibility index (Phi) is 4.08. The van der Waals surface area contributed by atoms with Crippen LogP contribution < -0.4 is 5.43 Å². The number of nitrogens with zero attached hydrogens (tertiary/aromatic N) is 1. The van der Waals surface area contributed by atoms with Crippen molar-refractivity contribution in [2.45, 2.75) is 6.92 Å². The van der Waals surface area contributed by atoms with Crippen molar-refractivity contribution < 1.29 is 20.1 Å². The number of benzene rings is 2. The molecular formula is C15H14N2O4. The van der Waals surface area contributed by atoms with E-state index in [2.05, 4.69) is 10.5 Å². The van der Waals surface area contributed by atoms with Crippen LogP contribution in [0.1, 0.15) is 22.8 Å². The van der Waals surface area contributed by atoms with Crippen LogP contribution in [-0.4, -0.2) is 26.9 Å². The molecule has 0 heterocycles. The van der Waals surface area contributed by atoms with Gasteiger partial charge in [-0.05, 0) is 31.2 Å². The number of amides is 1. The van der Waals surface area contributed by atoms with E-state index in [4.69, 9.17) is 0 Å². The number of phenols is 3. The van der Waals surface area contributed by atoms with Crippen molar-refractivity contribution in [3.8, 4) is 17.2 Å². The maximum atomic E-state index is 11.9. The molecule has 2 aromatic carbocycles. The van der Waals surface area contributed by atoms with Crippen LogP contribution in [0.15, 0.2) is 47.6 Å². The molecule has 0 saturated carbocycles. The highest BCUT2D eigenvalue weighted by molar-refractivity contribution is 6.02. The lowest BCUT2D eigenvalue weighted by Gasteiger charge is -2.05. The predicted molar refractivity (Wildman–Crippen MR) is 77.6 cm³/mol. The lowest BCUT2D eigenvalue weighted by Crippen LogP contribution is -2.19. The Hall–Kier alpha value is -3.02. The minimum absolute atomic E-state index is 0.0583. The Morgan fingerprint density at radius 1 is 1.05 bits per heavy atom. The first-order valence-electron chi connectivity index (χ1n) is 6.13. The first-order chi connectivity index (χ1) is 9.97. The van der Waals surface area contributed by atoms with Gasteiger partial charge < -0.3 is 15.3 Å². The molecule has 0 aliphatic rings. The van der Waals surface area contributed by atoms with Crippen LogP contribution in [0.25, 0.3) is 0 Å². The summed E-state index contributed by atoms with van der Waals surface area (Å²) >= 11 is 0. The SMILES string of the molecule is C/C(=N/NC(=O)c1cc(O)cc(O)c1)c1ccccc1O. The number of nitrogens with one attached hydrogen (secondary N) is 1. The van der Waals surface area contributed by atoms with Gasteiger partial charge in [-0.2, -0.15) is 5.10 Å². The van der Waals surface area contributed by atoms with Crippen LogP contribution in [-0.2, 0) is 0 Å². The molecule has 108 valence electrons. The van der Waals surface area contributed by atoms with Crippen LogP contribution in [0, 0.1) is 0 Å². The maximum Gasteiger partial charge on any atom is 0.271 e. The molecule has 0 saturated heterocycles. The zero-order valence-corrected chi connectivity index (χ0v) is 11.2. The minimum atomic E-state index is -0.587. The van der Waals surface area contributed by atoms with E-state index in [1.54, 1.807) is 25.1 Å². The van der Waals surface area contributed by atoms with Crippen molar-refractivity contribution in [1.82, 2.24) is 5.43 Å². The fourth-order valence-electron chi connectivity index (χ4n) is 1.77. The lowest BCUT2D eigenvalue weighted by molar-refractivity contribution is 0.0954. The second-order valence-corrected chi connectivity index (χ2v) is 4.39. The maximum absolute atomic E-state index is 11.9. The Morgan fingerprint density at radius 2 is 1.67 bits per heavy atom. The Balaban J connectivity index is 2.16. The summed E-state index contributed by atoms with van der Waals surface area (Å²) < 4.78 is 0. The van der Waals surface area contributed by atoms with E-state index < -0.39 is 5.91 Å². The van der Waals surface area contributed by atoms with Gasteiger partial charge in [0.05, 0.1) is 5.71 Å². The van der Waals surface area contributed by atoms with E-state index >= 15 is 0 Å². The van der Waals surface area contributed by atoms with Gasteiger partial charge in [0.1, 0.15) is 17.2 Å². The molecule has 0 aliphatic heterocycles. The van der Waals surface area contributed by atoms with E-state index in [-0.39, 0.29) is 22.8 Å². The standard InChI is InChI=1S/C15H14N2O4/c1-9(13-4-2-3-5-14(13)20)16-17-15(21)10-6-11(18)8-12(19)7-10/h2-8,18-20H,1H3,(H,17,21)/b16-9-. The van der Waals surface area contributed by atoms with Gasteiger partial charge in [-0.25, -0.2) is 5.43 Å². The van der Waals surface area contributed by atoms with Gasteiger partial charge in [-0.3, -0.25) is 4.79 Å². The molecule has 0 atom stereocenters. The molecule has 6 heteroatoms. The number of rotatable bonds is 3. The number of carbonyl (C=O) groups is 1. The molecule has 1 amide bonds. The van der Waals surface area contributed by atoms with E-state index in [9.17, 15) is 20.1 Å². The number of carbonyl (C=O) groups excluding carboxylic acids is 1. The number of hydrogen-bond acceptors (Lipinski definition) is 5. The summed E-state index contributed by atoms with van der Waals surface area (Å²) in [6.45, 7) is 1.63. The molecule has 0 radical (unpaired) electrons. The van der Waals surface area contributed by atoms with Crippen molar-refractivity contribution in [2.75, 3.05) is 0 Å². The second-order valence-electron chi connectivity index (χ2n) is 4.39. The summed E-state index contributed by atoms with van der Waals surface area (Å²) in [6.07, 6.45) is 0. The molecule has 2 aromatic rings. The number of hydrogen-bond donors (Lipinski definition) is 4. The van der Waals surface area contributed by atoms with Gasteiger partial charge in [-0.1, -0.05) is 12.1 Å². The Morgan fingerprint density at radius 3 is 2.29 bits per heavy atom. The van der Waals surface area contributed by atoms with Crippen LogP contribution in [0.2, 0.25) is 0 Å². The summed E-state index contributed by atoms with van der Waals surface area (Å²) in [5.74, 6) is -0.970. The highest BCUT2D eigenvalue weighted by Gasteiger charge is 2.09. The van der Waals surface area contributed by atoms with Gasteiger partial charge in [0, 0.05) is 17.2 Å². The van der Waals surface area contributed by atoms with E-state index in [1.165, 1.54) is 18.2 Å². The van der Waals surface area contributed by atoms with Crippen LogP contribution in [0.3, 0.4) is 0 Å². The number of phenolic OH excluding ortho intramolecular Hbond substituents is 3. The average molecular weight is 286 g/mol. The van der Waals surface area contributed by atoms with E-state index in [0.29, 0.717) is 11.3 Å². The first-order valence-corrected chi connectivity index (χ1v) is 6.13. The number of para-hydroxylation sites is 1. The van der Waals surface area contributed by atoms with Crippen LogP contribution >= 0.6 is 0 Å². The molecule has 6 nitrogen and oxygen atoms in total. The number of aromatic hydroxyl groups is 3. The molecule has 0 spiro atoms. The molecule has 4 N–H and O–H groups in total. The van der Waals surface area contributed by atoms with E-state index in [0.717, 1.165) is 6.07 Å².